The van der Waals surface area contributed by atoms with E-state index in [9.17, 15) is 35.2 Å². The predicted octanol–water partition coefficient (Wildman–Crippen LogP) is 4.43. The van der Waals surface area contributed by atoms with Crippen molar-refractivity contribution in [3.8, 4) is 0 Å². The SMILES string of the molecule is CS(=O)(=O)c1cc(NC(=O)c2c(Cl)c(C(F)(F)F)nn2CC2CCC(F)(F)CC2)ccn1. The Morgan fingerprint density at radius 2 is 1.94 bits per heavy atom. The first kappa shape index (κ1) is 24.4. The van der Waals surface area contributed by atoms with Gasteiger partial charge in [0, 0.05) is 37.5 Å². The Kier molecular flexibility index (Phi) is 6.53. The third-order valence-electron chi connectivity index (χ3n) is 5.02. The monoisotopic (exact) mass is 500 g/mol. The van der Waals surface area contributed by atoms with Crippen LogP contribution in [0.3, 0.4) is 0 Å². The van der Waals surface area contributed by atoms with Crippen LogP contribution in [0.5, 0.6) is 0 Å². The molecule has 2 heterocycles. The van der Waals surface area contributed by atoms with Crippen LogP contribution in [0, 0.1) is 5.92 Å². The van der Waals surface area contributed by atoms with Gasteiger partial charge in [-0.2, -0.15) is 18.3 Å². The highest BCUT2D eigenvalue weighted by molar-refractivity contribution is 7.90. The molecule has 7 nitrogen and oxygen atoms in total. The van der Waals surface area contributed by atoms with E-state index < -0.39 is 63.0 Å². The molecular weight excluding hydrogens is 483 g/mol. The van der Waals surface area contributed by atoms with Crippen molar-refractivity contribution in [2.75, 3.05) is 11.6 Å². The smallest absolute Gasteiger partial charge is 0.320 e. The number of anilines is 1. The molecule has 1 aliphatic rings. The fourth-order valence-electron chi connectivity index (χ4n) is 3.38. The summed E-state index contributed by atoms with van der Waals surface area (Å²) >= 11 is 5.85. The standard InChI is InChI=1S/C18H18ClF5N4O3S/c1-32(30,31)12-8-11(4-7-25-12)26-16(29)14-13(19)15(18(22,23)24)27-28(14)9-10-2-5-17(20,21)6-3-10/h4,7-8,10H,2-3,5-6,9H2,1H3,(H,25,26,29). The molecule has 1 aliphatic carbocycles. The zero-order chi connectivity index (χ0) is 23.9. The molecule has 32 heavy (non-hydrogen) atoms. The van der Waals surface area contributed by atoms with Crippen LogP contribution in [0.15, 0.2) is 23.4 Å². The van der Waals surface area contributed by atoms with Gasteiger partial charge in [0.2, 0.25) is 5.92 Å². The van der Waals surface area contributed by atoms with Gasteiger partial charge in [-0.15, -0.1) is 0 Å². The van der Waals surface area contributed by atoms with Gasteiger partial charge in [-0.3, -0.25) is 9.48 Å². The number of rotatable bonds is 5. The van der Waals surface area contributed by atoms with Gasteiger partial charge in [-0.1, -0.05) is 11.6 Å². The Hall–Kier alpha value is -2.28. The number of hydrogen-bond donors (Lipinski definition) is 1. The molecule has 1 saturated carbocycles. The van der Waals surface area contributed by atoms with Gasteiger partial charge in [-0.05, 0) is 30.9 Å². The van der Waals surface area contributed by atoms with Crippen LogP contribution in [-0.4, -0.2) is 41.3 Å². The second-order valence-electron chi connectivity index (χ2n) is 7.60. The molecule has 2 aromatic rings. The first-order chi connectivity index (χ1) is 14.7. The predicted molar refractivity (Wildman–Crippen MR) is 104 cm³/mol. The van der Waals surface area contributed by atoms with Crippen LogP contribution >= 0.6 is 11.6 Å². The first-order valence-corrected chi connectivity index (χ1v) is 11.6. The Morgan fingerprint density at radius 3 is 2.50 bits per heavy atom. The molecule has 1 N–H and O–H groups in total. The summed E-state index contributed by atoms with van der Waals surface area (Å²) in [5.74, 6) is -4.31. The molecule has 14 heteroatoms. The molecule has 0 spiro atoms. The summed E-state index contributed by atoms with van der Waals surface area (Å²) in [6.07, 6.45) is -3.66. The van der Waals surface area contributed by atoms with Gasteiger partial charge in [0.05, 0.1) is 0 Å². The normalized spacial score (nSPS) is 17.3. The van der Waals surface area contributed by atoms with Crippen molar-refractivity contribution >= 4 is 33.0 Å². The lowest BCUT2D eigenvalue weighted by Crippen LogP contribution is -2.28. The van der Waals surface area contributed by atoms with Crippen LogP contribution in [-0.2, 0) is 22.6 Å². The third kappa shape index (κ3) is 5.55. The number of halogens is 6. The van der Waals surface area contributed by atoms with Gasteiger partial charge in [-0.25, -0.2) is 22.2 Å². The summed E-state index contributed by atoms with van der Waals surface area (Å²) in [4.78, 5) is 16.4. The van der Waals surface area contributed by atoms with Crippen molar-refractivity contribution in [3.63, 3.8) is 0 Å². The van der Waals surface area contributed by atoms with Crippen LogP contribution in [0.4, 0.5) is 27.6 Å². The van der Waals surface area contributed by atoms with E-state index in [0.717, 1.165) is 23.2 Å². The van der Waals surface area contributed by atoms with Gasteiger partial charge in [0.1, 0.15) is 10.7 Å². The van der Waals surface area contributed by atoms with Crippen LogP contribution in [0.2, 0.25) is 5.02 Å². The van der Waals surface area contributed by atoms with E-state index >= 15 is 0 Å². The zero-order valence-electron chi connectivity index (χ0n) is 16.6. The number of carbonyl (C=O) groups excluding carboxylic acids is 1. The third-order valence-corrected chi connectivity index (χ3v) is 6.36. The summed E-state index contributed by atoms with van der Waals surface area (Å²) in [5, 5.41) is 4.44. The lowest BCUT2D eigenvalue weighted by molar-refractivity contribution is -0.141. The average molecular weight is 501 g/mol. The Bertz CT molecular complexity index is 1120. The Morgan fingerprint density at radius 1 is 1.31 bits per heavy atom. The Labute approximate surface area is 184 Å². The number of nitrogens with zero attached hydrogens (tertiary/aromatic N) is 3. The van der Waals surface area contributed by atoms with E-state index in [1.807, 2.05) is 0 Å². The van der Waals surface area contributed by atoms with Crippen molar-refractivity contribution in [3.05, 3.63) is 34.7 Å². The fourth-order valence-corrected chi connectivity index (χ4v) is 4.30. The fraction of sp³-hybridized carbons (Fsp3) is 0.500. The summed E-state index contributed by atoms with van der Waals surface area (Å²) in [5.41, 5.74) is -2.12. The average Bonchev–Trinajstić information content (AvgIpc) is 2.99. The number of pyridine rings is 1. The van der Waals surface area contributed by atoms with Crippen molar-refractivity contribution in [1.29, 1.82) is 0 Å². The van der Waals surface area contributed by atoms with Gasteiger partial charge in [0.15, 0.2) is 20.6 Å². The molecule has 0 atom stereocenters. The molecule has 0 aliphatic heterocycles. The maximum atomic E-state index is 13.4. The largest absolute Gasteiger partial charge is 0.436 e. The number of nitrogens with one attached hydrogen (secondary N) is 1. The van der Waals surface area contributed by atoms with Crippen molar-refractivity contribution in [2.24, 2.45) is 5.92 Å². The van der Waals surface area contributed by atoms with E-state index in [-0.39, 0.29) is 30.1 Å². The zero-order valence-corrected chi connectivity index (χ0v) is 18.2. The molecule has 176 valence electrons. The molecule has 2 aromatic heterocycles. The van der Waals surface area contributed by atoms with Crippen molar-refractivity contribution in [2.45, 2.75) is 49.4 Å². The van der Waals surface area contributed by atoms with Crippen molar-refractivity contribution < 1.29 is 35.2 Å². The van der Waals surface area contributed by atoms with E-state index in [1.54, 1.807) is 0 Å². The minimum absolute atomic E-state index is 0.0416. The van der Waals surface area contributed by atoms with E-state index in [2.05, 4.69) is 15.4 Å². The number of aromatic nitrogens is 3. The molecule has 0 bridgehead atoms. The number of hydrogen-bond acceptors (Lipinski definition) is 5. The minimum atomic E-state index is -4.95. The maximum Gasteiger partial charge on any atom is 0.436 e. The minimum Gasteiger partial charge on any atom is -0.320 e. The summed E-state index contributed by atoms with van der Waals surface area (Å²) in [6, 6.07) is 2.28. The van der Waals surface area contributed by atoms with Crippen LogP contribution < -0.4 is 5.32 Å². The molecule has 0 radical (unpaired) electrons. The summed E-state index contributed by atoms with van der Waals surface area (Å²) in [6.45, 7) is -0.209. The summed E-state index contributed by atoms with van der Waals surface area (Å²) < 4.78 is 90.9. The molecule has 0 aromatic carbocycles. The lowest BCUT2D eigenvalue weighted by atomic mass is 9.87. The molecule has 0 unspecified atom stereocenters. The second-order valence-corrected chi connectivity index (χ2v) is 9.94. The maximum absolute atomic E-state index is 13.4. The highest BCUT2D eigenvalue weighted by Gasteiger charge is 2.41. The molecule has 3 rings (SSSR count). The Balaban J connectivity index is 1.92. The lowest BCUT2D eigenvalue weighted by Gasteiger charge is -2.28. The number of alkyl halides is 5. The van der Waals surface area contributed by atoms with Gasteiger partial charge in [0.25, 0.3) is 5.91 Å². The van der Waals surface area contributed by atoms with Crippen LogP contribution in [0.1, 0.15) is 41.9 Å². The highest BCUT2D eigenvalue weighted by atomic mass is 35.5. The first-order valence-electron chi connectivity index (χ1n) is 9.36. The summed E-state index contributed by atoms with van der Waals surface area (Å²) in [7, 11) is -3.70. The van der Waals surface area contributed by atoms with Gasteiger partial charge < -0.3 is 5.32 Å². The number of sulfone groups is 1. The quantitative estimate of drug-likeness (QED) is 0.613. The van der Waals surface area contributed by atoms with Crippen LogP contribution in [0.25, 0.3) is 0 Å². The van der Waals surface area contributed by atoms with Crippen molar-refractivity contribution in [1.82, 2.24) is 14.8 Å². The molecular formula is C18H18ClF5N4O3S. The molecule has 1 amide bonds. The second kappa shape index (κ2) is 8.58. The van der Waals surface area contributed by atoms with E-state index in [4.69, 9.17) is 11.6 Å². The van der Waals surface area contributed by atoms with E-state index in [1.165, 1.54) is 6.07 Å². The highest BCUT2D eigenvalue weighted by Crippen LogP contribution is 2.39. The van der Waals surface area contributed by atoms with E-state index in [0.29, 0.717) is 0 Å². The molecule has 0 saturated heterocycles. The molecule has 1 fully saturated rings. The number of carbonyl (C=O) groups is 1. The van der Waals surface area contributed by atoms with Gasteiger partial charge >= 0.3 is 6.18 Å². The number of amides is 1. The topological polar surface area (TPSA) is 94.0 Å².